The van der Waals surface area contributed by atoms with Crippen molar-refractivity contribution in [3.63, 3.8) is 0 Å². The highest BCUT2D eigenvalue weighted by Gasteiger charge is 2.21. The summed E-state index contributed by atoms with van der Waals surface area (Å²) in [5.41, 5.74) is 0.781. The molecule has 1 N–H and O–H groups in total. The van der Waals surface area contributed by atoms with E-state index in [1.807, 2.05) is 17.5 Å². The number of anilines is 1. The molecule has 0 unspecified atom stereocenters. The molecule has 1 aliphatic carbocycles. The summed E-state index contributed by atoms with van der Waals surface area (Å²) >= 11 is 1.64. The largest absolute Gasteiger partial charge is 0.381 e. The highest BCUT2D eigenvalue weighted by Crippen LogP contribution is 2.23. The summed E-state index contributed by atoms with van der Waals surface area (Å²) < 4.78 is 1.49. The van der Waals surface area contributed by atoms with Crippen LogP contribution in [-0.4, -0.2) is 15.8 Å². The highest BCUT2D eigenvalue weighted by molar-refractivity contribution is 7.09. The molecule has 0 bridgehead atoms. The number of rotatable bonds is 4. The molecule has 1 aliphatic rings. The Kier molecular flexibility index (Phi) is 2.68. The monoisotopic (exact) mass is 247 g/mol. The first-order valence-electron chi connectivity index (χ1n) is 5.67. The fourth-order valence-electron chi connectivity index (χ4n) is 1.64. The minimum Gasteiger partial charge on any atom is -0.381 e. The summed E-state index contributed by atoms with van der Waals surface area (Å²) in [6, 6.07) is 6.16. The number of nitrogens with zero attached hydrogens (tertiary/aromatic N) is 2. The standard InChI is InChI=1S/C12H13N3OS/c16-12-6-10(14-9-3-4-9)7-13-15(12)8-11-2-1-5-17-11/h1-2,5-7,9,14H,3-4,8H2. The lowest BCUT2D eigenvalue weighted by atomic mass is 10.4. The zero-order chi connectivity index (χ0) is 11.7. The molecule has 3 rings (SSSR count). The van der Waals surface area contributed by atoms with Crippen LogP contribution in [0.3, 0.4) is 0 Å². The van der Waals surface area contributed by atoms with Crippen molar-refractivity contribution in [2.45, 2.75) is 25.4 Å². The quantitative estimate of drug-likeness (QED) is 0.898. The van der Waals surface area contributed by atoms with Gasteiger partial charge in [-0.25, -0.2) is 4.68 Å². The van der Waals surface area contributed by atoms with E-state index < -0.39 is 0 Å². The normalized spacial score (nSPS) is 14.8. The van der Waals surface area contributed by atoms with E-state index in [4.69, 9.17) is 0 Å². The fraction of sp³-hybridized carbons (Fsp3) is 0.333. The van der Waals surface area contributed by atoms with Gasteiger partial charge in [0.05, 0.1) is 18.4 Å². The molecule has 17 heavy (non-hydrogen) atoms. The summed E-state index contributed by atoms with van der Waals surface area (Å²) in [5.74, 6) is 0. The van der Waals surface area contributed by atoms with E-state index in [-0.39, 0.29) is 5.56 Å². The smallest absolute Gasteiger partial charge is 0.269 e. The van der Waals surface area contributed by atoms with Crippen molar-refractivity contribution in [1.82, 2.24) is 9.78 Å². The molecule has 2 aromatic heterocycles. The Hall–Kier alpha value is -1.62. The summed E-state index contributed by atoms with van der Waals surface area (Å²) in [6.45, 7) is 0.556. The zero-order valence-corrected chi connectivity index (χ0v) is 10.1. The van der Waals surface area contributed by atoms with E-state index in [2.05, 4.69) is 10.4 Å². The van der Waals surface area contributed by atoms with Gasteiger partial charge in [0.1, 0.15) is 0 Å². The zero-order valence-electron chi connectivity index (χ0n) is 9.30. The molecule has 0 saturated heterocycles. The molecule has 1 saturated carbocycles. The van der Waals surface area contributed by atoms with Gasteiger partial charge in [-0.1, -0.05) is 6.07 Å². The first-order valence-corrected chi connectivity index (χ1v) is 6.55. The van der Waals surface area contributed by atoms with E-state index in [9.17, 15) is 4.79 Å². The van der Waals surface area contributed by atoms with Crippen molar-refractivity contribution in [1.29, 1.82) is 0 Å². The van der Waals surface area contributed by atoms with E-state index in [0.717, 1.165) is 10.6 Å². The van der Waals surface area contributed by atoms with Crippen LogP contribution in [0.5, 0.6) is 0 Å². The molecule has 5 heteroatoms. The van der Waals surface area contributed by atoms with Gasteiger partial charge >= 0.3 is 0 Å². The van der Waals surface area contributed by atoms with Gasteiger partial charge in [0.25, 0.3) is 5.56 Å². The molecular weight excluding hydrogens is 234 g/mol. The van der Waals surface area contributed by atoms with Gasteiger partial charge in [-0.3, -0.25) is 4.79 Å². The van der Waals surface area contributed by atoms with Gasteiger partial charge in [0.2, 0.25) is 0 Å². The van der Waals surface area contributed by atoms with Crippen LogP contribution >= 0.6 is 11.3 Å². The Labute approximate surface area is 103 Å². The Morgan fingerprint density at radius 2 is 2.41 bits per heavy atom. The van der Waals surface area contributed by atoms with Gasteiger partial charge in [0.15, 0.2) is 0 Å². The van der Waals surface area contributed by atoms with Crippen LogP contribution in [0.2, 0.25) is 0 Å². The predicted molar refractivity (Wildman–Crippen MR) is 68.6 cm³/mol. The second-order valence-electron chi connectivity index (χ2n) is 4.24. The lowest BCUT2D eigenvalue weighted by Gasteiger charge is -2.06. The third kappa shape index (κ3) is 2.55. The molecule has 0 atom stereocenters. The van der Waals surface area contributed by atoms with Gasteiger partial charge in [-0.05, 0) is 24.3 Å². The molecule has 2 aromatic rings. The van der Waals surface area contributed by atoms with Gasteiger partial charge in [0, 0.05) is 17.0 Å². The summed E-state index contributed by atoms with van der Waals surface area (Å²) in [6.07, 6.45) is 4.11. The third-order valence-corrected chi connectivity index (χ3v) is 3.56. The summed E-state index contributed by atoms with van der Waals surface area (Å²) in [7, 11) is 0. The van der Waals surface area contributed by atoms with Crippen LogP contribution in [0.1, 0.15) is 17.7 Å². The molecule has 88 valence electrons. The Balaban J connectivity index is 1.78. The lowest BCUT2D eigenvalue weighted by molar-refractivity contribution is 0.646. The molecule has 4 nitrogen and oxygen atoms in total. The van der Waals surface area contributed by atoms with Crippen LogP contribution in [0.25, 0.3) is 0 Å². The molecular formula is C12H13N3OS. The maximum atomic E-state index is 11.8. The Bertz CT molecular complexity index is 557. The second-order valence-corrected chi connectivity index (χ2v) is 5.27. The van der Waals surface area contributed by atoms with Gasteiger partial charge < -0.3 is 5.32 Å². The maximum Gasteiger partial charge on any atom is 0.269 e. The molecule has 0 radical (unpaired) electrons. The van der Waals surface area contributed by atoms with Crippen LogP contribution in [0.15, 0.2) is 34.6 Å². The summed E-state index contributed by atoms with van der Waals surface area (Å²) in [5, 5.41) is 9.46. The number of thiophene rings is 1. The van der Waals surface area contributed by atoms with Crippen molar-refractivity contribution in [2.24, 2.45) is 0 Å². The van der Waals surface area contributed by atoms with Crippen LogP contribution < -0.4 is 10.9 Å². The number of hydrogen-bond acceptors (Lipinski definition) is 4. The Morgan fingerprint density at radius 3 is 3.06 bits per heavy atom. The minimum atomic E-state index is -0.0518. The van der Waals surface area contributed by atoms with Crippen LogP contribution in [0.4, 0.5) is 5.69 Å². The SMILES string of the molecule is O=c1cc(NC2CC2)cnn1Cc1cccs1. The third-order valence-electron chi connectivity index (χ3n) is 2.70. The first-order chi connectivity index (χ1) is 8.31. The van der Waals surface area contributed by atoms with E-state index in [1.54, 1.807) is 23.6 Å². The fourth-order valence-corrected chi connectivity index (χ4v) is 2.33. The van der Waals surface area contributed by atoms with Crippen molar-refractivity contribution in [3.05, 3.63) is 45.0 Å². The minimum absolute atomic E-state index is 0.0518. The molecule has 0 spiro atoms. The van der Waals surface area contributed by atoms with Gasteiger partial charge in [-0.2, -0.15) is 5.10 Å². The van der Waals surface area contributed by atoms with E-state index in [0.29, 0.717) is 12.6 Å². The first kappa shape index (κ1) is 10.5. The van der Waals surface area contributed by atoms with Crippen molar-refractivity contribution >= 4 is 17.0 Å². The van der Waals surface area contributed by atoms with Crippen molar-refractivity contribution < 1.29 is 0 Å². The second kappa shape index (κ2) is 4.33. The number of aromatic nitrogens is 2. The number of hydrogen-bond donors (Lipinski definition) is 1. The Morgan fingerprint density at radius 1 is 1.53 bits per heavy atom. The molecule has 1 fully saturated rings. The molecule has 2 heterocycles. The molecule has 0 aromatic carbocycles. The van der Waals surface area contributed by atoms with E-state index >= 15 is 0 Å². The molecule has 0 amide bonds. The highest BCUT2D eigenvalue weighted by atomic mass is 32.1. The summed E-state index contributed by atoms with van der Waals surface area (Å²) in [4.78, 5) is 13.0. The van der Waals surface area contributed by atoms with Crippen molar-refractivity contribution in [3.8, 4) is 0 Å². The topological polar surface area (TPSA) is 46.9 Å². The average molecular weight is 247 g/mol. The van der Waals surface area contributed by atoms with E-state index in [1.165, 1.54) is 17.5 Å². The van der Waals surface area contributed by atoms with Gasteiger partial charge in [-0.15, -0.1) is 11.3 Å². The van der Waals surface area contributed by atoms with Crippen molar-refractivity contribution in [2.75, 3.05) is 5.32 Å². The molecule has 0 aliphatic heterocycles. The lowest BCUT2D eigenvalue weighted by Crippen LogP contribution is -2.23. The maximum absolute atomic E-state index is 11.8. The van der Waals surface area contributed by atoms with Crippen LogP contribution in [0, 0.1) is 0 Å². The number of nitrogens with one attached hydrogen (secondary N) is 1. The predicted octanol–water partition coefficient (Wildman–Crippen LogP) is 1.93. The van der Waals surface area contributed by atoms with Crippen LogP contribution in [-0.2, 0) is 6.54 Å². The average Bonchev–Trinajstić information content (AvgIpc) is 2.97.